The Morgan fingerprint density at radius 3 is 2.38 bits per heavy atom. The second kappa shape index (κ2) is 8.90. The number of benzene rings is 2. The molecule has 1 aliphatic heterocycles. The average Bonchev–Trinajstić information content (AvgIpc) is 3.49. The number of methoxy groups -OCH3 is 1. The van der Waals surface area contributed by atoms with Gasteiger partial charge in [-0.3, -0.25) is 9.58 Å². The van der Waals surface area contributed by atoms with Crippen molar-refractivity contribution >= 4 is 5.69 Å². The summed E-state index contributed by atoms with van der Waals surface area (Å²) in [4.78, 5) is 5.03. The number of halogens is 2. The molecule has 2 fully saturated rings. The van der Waals surface area contributed by atoms with Crippen molar-refractivity contribution in [2.45, 2.75) is 31.3 Å². The molecule has 7 heteroatoms. The number of anilines is 1. The van der Waals surface area contributed by atoms with Gasteiger partial charge in [-0.05, 0) is 61.7 Å². The fourth-order valence-corrected chi connectivity index (χ4v) is 5.03. The van der Waals surface area contributed by atoms with Crippen LogP contribution in [0.3, 0.4) is 0 Å². The number of rotatable bonds is 5. The van der Waals surface area contributed by atoms with Gasteiger partial charge in [0.2, 0.25) is 0 Å². The zero-order valence-corrected chi connectivity index (χ0v) is 18.3. The van der Waals surface area contributed by atoms with Crippen molar-refractivity contribution in [2.24, 2.45) is 0 Å². The van der Waals surface area contributed by atoms with Gasteiger partial charge in [0, 0.05) is 55.7 Å². The molecule has 3 aromatic rings. The Kier molecular flexibility index (Phi) is 5.83. The molecule has 5 nitrogen and oxygen atoms in total. The SMILES string of the molecule is COc1ccc(N2CCN([C@H]3CC[C@H](n4ccc(-c5ccc(F)cc5F)n4)C3)CC2)cc1. The fourth-order valence-electron chi connectivity index (χ4n) is 5.03. The molecule has 0 bridgehead atoms. The lowest BCUT2D eigenvalue weighted by Crippen LogP contribution is -2.49. The Balaban J connectivity index is 1.18. The van der Waals surface area contributed by atoms with Crippen LogP contribution in [0, 0.1) is 11.6 Å². The molecule has 168 valence electrons. The topological polar surface area (TPSA) is 33.5 Å². The maximum absolute atomic E-state index is 14.1. The van der Waals surface area contributed by atoms with Crippen LogP contribution in [0.15, 0.2) is 54.7 Å². The van der Waals surface area contributed by atoms with Crippen molar-refractivity contribution < 1.29 is 13.5 Å². The van der Waals surface area contributed by atoms with Gasteiger partial charge >= 0.3 is 0 Å². The van der Waals surface area contributed by atoms with Crippen LogP contribution in [0.25, 0.3) is 11.3 Å². The van der Waals surface area contributed by atoms with Gasteiger partial charge in [0.05, 0.1) is 18.8 Å². The van der Waals surface area contributed by atoms with Gasteiger partial charge < -0.3 is 9.64 Å². The molecule has 0 radical (unpaired) electrons. The number of hydrogen-bond donors (Lipinski definition) is 0. The second-order valence-corrected chi connectivity index (χ2v) is 8.65. The van der Waals surface area contributed by atoms with Gasteiger partial charge in [0.1, 0.15) is 17.4 Å². The molecule has 1 saturated heterocycles. The Morgan fingerprint density at radius 2 is 1.66 bits per heavy atom. The van der Waals surface area contributed by atoms with E-state index in [0.717, 1.165) is 57.3 Å². The Labute approximate surface area is 187 Å². The van der Waals surface area contributed by atoms with Crippen LogP contribution in [0.4, 0.5) is 14.5 Å². The maximum atomic E-state index is 14.1. The summed E-state index contributed by atoms with van der Waals surface area (Å²) in [5.74, 6) is -0.265. The molecule has 2 aromatic carbocycles. The molecule has 1 aliphatic carbocycles. The summed E-state index contributed by atoms with van der Waals surface area (Å²) in [5, 5.41) is 4.62. The quantitative estimate of drug-likeness (QED) is 0.576. The van der Waals surface area contributed by atoms with Crippen LogP contribution in [0.5, 0.6) is 5.75 Å². The highest BCUT2D eigenvalue weighted by Crippen LogP contribution is 2.34. The lowest BCUT2D eigenvalue weighted by molar-refractivity contribution is 0.183. The first-order chi connectivity index (χ1) is 15.6. The first-order valence-electron chi connectivity index (χ1n) is 11.2. The predicted octanol–water partition coefficient (Wildman–Crippen LogP) is 4.75. The van der Waals surface area contributed by atoms with Crippen LogP contribution in [-0.4, -0.2) is 54.0 Å². The molecule has 1 saturated carbocycles. The fraction of sp³-hybridized carbons (Fsp3) is 0.400. The van der Waals surface area contributed by atoms with Gasteiger partial charge in [0.25, 0.3) is 0 Å². The van der Waals surface area contributed by atoms with Crippen LogP contribution < -0.4 is 9.64 Å². The summed E-state index contributed by atoms with van der Waals surface area (Å²) in [6.07, 6.45) is 5.19. The summed E-state index contributed by atoms with van der Waals surface area (Å²) in [6.45, 7) is 4.13. The molecule has 5 rings (SSSR count). The summed E-state index contributed by atoms with van der Waals surface area (Å²) >= 11 is 0. The van der Waals surface area contributed by atoms with Crippen molar-refractivity contribution in [1.29, 1.82) is 0 Å². The first kappa shape index (κ1) is 20.9. The molecular formula is C25H28F2N4O. The second-order valence-electron chi connectivity index (χ2n) is 8.65. The largest absolute Gasteiger partial charge is 0.497 e. The number of hydrogen-bond acceptors (Lipinski definition) is 4. The highest BCUT2D eigenvalue weighted by molar-refractivity contribution is 5.59. The minimum atomic E-state index is -0.575. The van der Waals surface area contributed by atoms with Crippen molar-refractivity contribution in [3.05, 3.63) is 66.4 Å². The van der Waals surface area contributed by atoms with E-state index in [1.807, 2.05) is 29.1 Å². The standard InChI is InChI=1S/C25H28F2N4O/c1-32-22-7-5-19(6-8-22)29-12-14-30(15-13-29)20-3-4-21(17-20)31-11-10-25(28-31)23-9-2-18(26)16-24(23)27/h2,5-11,16,20-21H,3-4,12-15,17H2,1H3/t20-,21-/m0/s1. The predicted molar refractivity (Wildman–Crippen MR) is 121 cm³/mol. The minimum absolute atomic E-state index is 0.317. The third kappa shape index (κ3) is 4.21. The smallest absolute Gasteiger partial charge is 0.135 e. The zero-order valence-electron chi connectivity index (χ0n) is 18.3. The van der Waals surface area contributed by atoms with Crippen molar-refractivity contribution in [3.8, 4) is 17.0 Å². The Morgan fingerprint density at radius 1 is 0.906 bits per heavy atom. The number of aromatic nitrogens is 2. The molecule has 32 heavy (non-hydrogen) atoms. The van der Waals surface area contributed by atoms with E-state index >= 15 is 0 Å². The summed E-state index contributed by atoms with van der Waals surface area (Å²) in [7, 11) is 1.69. The minimum Gasteiger partial charge on any atom is -0.497 e. The van der Waals surface area contributed by atoms with Gasteiger partial charge in [0.15, 0.2) is 0 Å². The van der Waals surface area contributed by atoms with Crippen molar-refractivity contribution in [3.63, 3.8) is 0 Å². The van der Waals surface area contributed by atoms with E-state index in [1.54, 1.807) is 7.11 Å². The molecule has 2 heterocycles. The third-order valence-corrected chi connectivity index (χ3v) is 6.84. The molecule has 0 amide bonds. The lowest BCUT2D eigenvalue weighted by atomic mass is 10.1. The molecule has 0 unspecified atom stereocenters. The third-order valence-electron chi connectivity index (χ3n) is 6.84. The molecule has 0 spiro atoms. The van der Waals surface area contributed by atoms with Crippen molar-refractivity contribution in [1.82, 2.24) is 14.7 Å². The maximum Gasteiger partial charge on any atom is 0.135 e. The summed E-state index contributed by atoms with van der Waals surface area (Å²) in [6, 6.07) is 14.6. The van der Waals surface area contributed by atoms with Crippen LogP contribution in [0.1, 0.15) is 25.3 Å². The van der Waals surface area contributed by atoms with E-state index in [-0.39, 0.29) is 0 Å². The Hall–Kier alpha value is -2.93. The lowest BCUT2D eigenvalue weighted by Gasteiger charge is -2.39. The van der Waals surface area contributed by atoms with E-state index in [0.29, 0.717) is 23.3 Å². The van der Waals surface area contributed by atoms with E-state index in [4.69, 9.17) is 4.74 Å². The van der Waals surface area contributed by atoms with Crippen molar-refractivity contribution in [2.75, 3.05) is 38.2 Å². The summed E-state index contributed by atoms with van der Waals surface area (Å²) < 4.78 is 34.5. The van der Waals surface area contributed by atoms with E-state index in [2.05, 4.69) is 27.0 Å². The van der Waals surface area contributed by atoms with E-state index in [1.165, 1.54) is 17.8 Å². The molecule has 1 aromatic heterocycles. The van der Waals surface area contributed by atoms with Gasteiger partial charge in [-0.15, -0.1) is 0 Å². The monoisotopic (exact) mass is 438 g/mol. The van der Waals surface area contributed by atoms with Gasteiger partial charge in [-0.1, -0.05) is 0 Å². The highest BCUT2D eigenvalue weighted by atomic mass is 19.1. The van der Waals surface area contributed by atoms with Gasteiger partial charge in [-0.25, -0.2) is 8.78 Å². The van der Waals surface area contributed by atoms with E-state index in [9.17, 15) is 8.78 Å². The van der Waals surface area contributed by atoms with E-state index < -0.39 is 11.6 Å². The van der Waals surface area contributed by atoms with Crippen LogP contribution in [0.2, 0.25) is 0 Å². The normalized spacial score (nSPS) is 21.8. The molecular weight excluding hydrogens is 410 g/mol. The molecule has 0 N–H and O–H groups in total. The van der Waals surface area contributed by atoms with Gasteiger partial charge in [-0.2, -0.15) is 5.10 Å². The number of piperazine rings is 1. The Bertz CT molecular complexity index is 1060. The molecule has 2 aliphatic rings. The zero-order chi connectivity index (χ0) is 22.1. The van der Waals surface area contributed by atoms with Crippen LogP contribution >= 0.6 is 0 Å². The number of ether oxygens (including phenoxy) is 1. The summed E-state index contributed by atoms with van der Waals surface area (Å²) in [5.41, 5.74) is 2.14. The van der Waals surface area contributed by atoms with Crippen LogP contribution in [-0.2, 0) is 0 Å². The molecule has 2 atom stereocenters. The first-order valence-corrected chi connectivity index (χ1v) is 11.2. The number of nitrogens with zero attached hydrogens (tertiary/aromatic N) is 4. The highest BCUT2D eigenvalue weighted by Gasteiger charge is 2.32. The average molecular weight is 439 g/mol.